The molecule has 6 nitrogen and oxygen atoms in total. The summed E-state index contributed by atoms with van der Waals surface area (Å²) in [7, 11) is 0. The third-order valence-electron chi connectivity index (χ3n) is 10.4. The quantitative estimate of drug-likeness (QED) is 0.0262. The molecule has 0 bridgehead atoms. The molecule has 0 saturated heterocycles. The van der Waals surface area contributed by atoms with Crippen molar-refractivity contribution in [2.45, 2.75) is 219 Å². The molecule has 0 fully saturated rings. The molecule has 0 saturated carbocycles. The molecule has 1 atom stereocenters. The first-order chi connectivity index (χ1) is 32.0. The maximum atomic E-state index is 12.8. The lowest BCUT2D eigenvalue weighted by Crippen LogP contribution is -2.30. The van der Waals surface area contributed by atoms with Crippen LogP contribution in [0.15, 0.2) is 122 Å². The van der Waals surface area contributed by atoms with Gasteiger partial charge in [-0.15, -0.1) is 0 Å². The number of hydrogen-bond donors (Lipinski definition) is 0. The second-order valence-corrected chi connectivity index (χ2v) is 16.6. The minimum atomic E-state index is -0.808. The number of carbonyl (C=O) groups excluding carboxylic acids is 3. The highest BCUT2D eigenvalue weighted by molar-refractivity contribution is 5.71. The Bertz CT molecular complexity index is 1400. The van der Waals surface area contributed by atoms with E-state index in [1.165, 1.54) is 12.8 Å². The fourth-order valence-corrected chi connectivity index (χ4v) is 6.64. The molecule has 0 aliphatic carbocycles. The van der Waals surface area contributed by atoms with E-state index in [0.717, 1.165) is 161 Å². The van der Waals surface area contributed by atoms with Crippen LogP contribution >= 0.6 is 0 Å². The first-order valence-electron chi connectivity index (χ1n) is 26.0. The predicted molar refractivity (Wildman–Crippen MR) is 279 cm³/mol. The Hall–Kier alpha value is -4.19. The van der Waals surface area contributed by atoms with Crippen molar-refractivity contribution in [3.05, 3.63) is 122 Å². The van der Waals surface area contributed by atoms with Crippen molar-refractivity contribution in [1.82, 2.24) is 0 Å². The van der Waals surface area contributed by atoms with E-state index in [2.05, 4.69) is 142 Å². The van der Waals surface area contributed by atoms with E-state index in [1.807, 2.05) is 0 Å². The van der Waals surface area contributed by atoms with E-state index in [-0.39, 0.29) is 37.5 Å². The van der Waals surface area contributed by atoms with Crippen molar-refractivity contribution in [2.75, 3.05) is 13.2 Å². The van der Waals surface area contributed by atoms with Gasteiger partial charge in [0, 0.05) is 19.3 Å². The molecule has 366 valence electrons. The van der Waals surface area contributed by atoms with Crippen molar-refractivity contribution in [3.8, 4) is 0 Å². The second-order valence-electron chi connectivity index (χ2n) is 16.6. The van der Waals surface area contributed by atoms with Gasteiger partial charge in [-0.3, -0.25) is 14.4 Å². The number of allylic oxidation sites excluding steroid dienone is 20. The van der Waals surface area contributed by atoms with Gasteiger partial charge in [0.2, 0.25) is 0 Å². The Balaban J connectivity index is 4.48. The molecule has 65 heavy (non-hydrogen) atoms. The standard InChI is InChI=1S/C59H94O6/c1-4-7-10-13-16-19-22-25-28-29-30-31-32-35-37-40-43-46-49-52-58(61)64-55-56(65-59(62)53-50-47-44-41-38-34-27-24-21-18-15-12-9-6-3)54-63-57(60)51-48-45-42-39-36-33-26-23-20-17-14-11-8-5-2/h7-12,16-21,25-28,30-31,33-34,56H,4-6,13-15,22-24,29,32,35-55H2,1-3H3/b10-7-,11-8-,12-9-,19-16-,20-17-,21-18-,28-25-,31-30-,33-26-,34-27-. The van der Waals surface area contributed by atoms with Gasteiger partial charge in [-0.2, -0.15) is 0 Å². The average molecular weight is 899 g/mol. The summed E-state index contributed by atoms with van der Waals surface area (Å²) in [5.74, 6) is -0.971. The summed E-state index contributed by atoms with van der Waals surface area (Å²) in [6.07, 6.45) is 71.8. The lowest BCUT2D eigenvalue weighted by atomic mass is 10.1. The van der Waals surface area contributed by atoms with Crippen molar-refractivity contribution in [3.63, 3.8) is 0 Å². The van der Waals surface area contributed by atoms with Gasteiger partial charge in [0.05, 0.1) is 0 Å². The predicted octanol–water partition coefficient (Wildman–Crippen LogP) is 17.3. The van der Waals surface area contributed by atoms with Crippen LogP contribution in [0.4, 0.5) is 0 Å². The van der Waals surface area contributed by atoms with Crippen LogP contribution in [0.25, 0.3) is 0 Å². The summed E-state index contributed by atoms with van der Waals surface area (Å²) in [4.78, 5) is 38.0. The van der Waals surface area contributed by atoms with Crippen LogP contribution in [0, 0.1) is 0 Å². The largest absolute Gasteiger partial charge is 0.462 e. The Morgan fingerprint density at radius 1 is 0.308 bits per heavy atom. The topological polar surface area (TPSA) is 78.9 Å². The summed E-state index contributed by atoms with van der Waals surface area (Å²) < 4.78 is 16.8. The van der Waals surface area contributed by atoms with Crippen LogP contribution in [-0.2, 0) is 28.6 Å². The van der Waals surface area contributed by atoms with E-state index >= 15 is 0 Å². The highest BCUT2D eigenvalue weighted by atomic mass is 16.6. The highest BCUT2D eigenvalue weighted by Crippen LogP contribution is 2.13. The maximum absolute atomic E-state index is 12.8. The van der Waals surface area contributed by atoms with Gasteiger partial charge in [0.1, 0.15) is 13.2 Å². The molecule has 0 aromatic heterocycles. The summed E-state index contributed by atoms with van der Waals surface area (Å²) in [5, 5.41) is 0. The van der Waals surface area contributed by atoms with Gasteiger partial charge in [0.15, 0.2) is 6.10 Å². The van der Waals surface area contributed by atoms with E-state index in [1.54, 1.807) is 0 Å². The molecular weight excluding hydrogens is 805 g/mol. The number of rotatable bonds is 45. The third kappa shape index (κ3) is 50.7. The molecule has 1 unspecified atom stereocenters. The van der Waals surface area contributed by atoms with Gasteiger partial charge in [-0.25, -0.2) is 0 Å². The molecule has 0 N–H and O–H groups in total. The van der Waals surface area contributed by atoms with Gasteiger partial charge in [-0.1, -0.05) is 194 Å². The lowest BCUT2D eigenvalue weighted by Gasteiger charge is -2.18. The first kappa shape index (κ1) is 60.8. The van der Waals surface area contributed by atoms with Crippen LogP contribution in [0.3, 0.4) is 0 Å². The van der Waals surface area contributed by atoms with Crippen LogP contribution in [0.1, 0.15) is 213 Å². The van der Waals surface area contributed by atoms with Gasteiger partial charge in [-0.05, 0) is 122 Å². The number of hydrogen-bond acceptors (Lipinski definition) is 6. The minimum Gasteiger partial charge on any atom is -0.462 e. The molecule has 0 aliphatic rings. The highest BCUT2D eigenvalue weighted by Gasteiger charge is 2.19. The Kier molecular flexibility index (Phi) is 49.1. The van der Waals surface area contributed by atoms with Crippen LogP contribution in [-0.4, -0.2) is 37.2 Å². The molecule has 0 heterocycles. The van der Waals surface area contributed by atoms with E-state index in [9.17, 15) is 14.4 Å². The summed E-state index contributed by atoms with van der Waals surface area (Å²) >= 11 is 0. The Morgan fingerprint density at radius 2 is 0.554 bits per heavy atom. The Labute approximate surface area is 399 Å². The number of unbranched alkanes of at least 4 members (excludes halogenated alkanes) is 14. The van der Waals surface area contributed by atoms with Crippen LogP contribution in [0.2, 0.25) is 0 Å². The smallest absolute Gasteiger partial charge is 0.306 e. The third-order valence-corrected chi connectivity index (χ3v) is 10.4. The monoisotopic (exact) mass is 899 g/mol. The fourth-order valence-electron chi connectivity index (χ4n) is 6.64. The van der Waals surface area contributed by atoms with E-state index < -0.39 is 6.10 Å². The van der Waals surface area contributed by atoms with Crippen LogP contribution < -0.4 is 0 Å². The molecule has 0 aliphatic heterocycles. The van der Waals surface area contributed by atoms with Crippen molar-refractivity contribution >= 4 is 17.9 Å². The van der Waals surface area contributed by atoms with Crippen molar-refractivity contribution in [2.24, 2.45) is 0 Å². The van der Waals surface area contributed by atoms with Crippen LogP contribution in [0.5, 0.6) is 0 Å². The first-order valence-corrected chi connectivity index (χ1v) is 26.0. The molecule has 0 amide bonds. The SMILES string of the molecule is CC/C=C\C/C=C\C/C=C\C/C=C\CCCCCCCCC(=O)OCC(COC(=O)CCCCCC/C=C\C/C=C\C/C=C\CC)OC(=O)CCCCCC/C=C\C/C=C\C/C=C\CC. The zero-order chi connectivity index (χ0) is 47.2. The molecule has 0 spiro atoms. The minimum absolute atomic E-state index is 0.106. The molecule has 0 aromatic carbocycles. The summed E-state index contributed by atoms with van der Waals surface area (Å²) in [6, 6.07) is 0. The number of ether oxygens (including phenoxy) is 3. The van der Waals surface area contributed by atoms with Gasteiger partial charge >= 0.3 is 17.9 Å². The number of carbonyl (C=O) groups is 3. The fraction of sp³-hybridized carbons (Fsp3) is 0.610. The molecule has 0 rings (SSSR count). The summed E-state index contributed by atoms with van der Waals surface area (Å²) in [5.41, 5.74) is 0. The Morgan fingerprint density at radius 3 is 0.862 bits per heavy atom. The summed E-state index contributed by atoms with van der Waals surface area (Å²) in [6.45, 7) is 6.23. The normalized spacial score (nSPS) is 13.1. The molecule has 0 radical (unpaired) electrons. The van der Waals surface area contributed by atoms with E-state index in [4.69, 9.17) is 14.2 Å². The lowest BCUT2D eigenvalue weighted by molar-refractivity contribution is -0.167. The zero-order valence-electron chi connectivity index (χ0n) is 41.7. The molecule has 0 aromatic rings. The number of esters is 3. The van der Waals surface area contributed by atoms with Gasteiger partial charge < -0.3 is 14.2 Å². The molecule has 6 heteroatoms. The average Bonchev–Trinajstić information content (AvgIpc) is 3.30. The maximum Gasteiger partial charge on any atom is 0.306 e. The zero-order valence-corrected chi connectivity index (χ0v) is 41.7. The van der Waals surface area contributed by atoms with Crippen molar-refractivity contribution in [1.29, 1.82) is 0 Å². The second kappa shape index (κ2) is 52.4. The van der Waals surface area contributed by atoms with Crippen molar-refractivity contribution < 1.29 is 28.6 Å². The van der Waals surface area contributed by atoms with Gasteiger partial charge in [0.25, 0.3) is 0 Å². The molecular formula is C59H94O6. The van der Waals surface area contributed by atoms with E-state index in [0.29, 0.717) is 12.8 Å².